The van der Waals surface area contributed by atoms with Gasteiger partial charge in [0.1, 0.15) is 0 Å². The first-order chi connectivity index (χ1) is 9.51. The summed E-state index contributed by atoms with van der Waals surface area (Å²) in [7, 11) is 0. The van der Waals surface area contributed by atoms with Crippen molar-refractivity contribution in [1.82, 2.24) is 0 Å². The SMILES string of the molecule is CCCCCCC(CC)CC(C)CCCC(C)C(C)C. The number of hydrogen-bond acceptors (Lipinski definition) is 0. The maximum absolute atomic E-state index is 2.48. The molecule has 0 saturated heterocycles. The minimum absolute atomic E-state index is 0.854. The molecular weight excluding hydrogens is 240 g/mol. The summed E-state index contributed by atoms with van der Waals surface area (Å²) in [5, 5.41) is 0. The normalized spacial score (nSPS) is 16.4. The van der Waals surface area contributed by atoms with Crippen LogP contribution in [0.2, 0.25) is 0 Å². The van der Waals surface area contributed by atoms with E-state index in [0.29, 0.717) is 0 Å². The Morgan fingerprint density at radius 1 is 0.700 bits per heavy atom. The molecule has 0 spiro atoms. The Kier molecular flexibility index (Phi) is 12.7. The Bertz CT molecular complexity index is 194. The van der Waals surface area contributed by atoms with Gasteiger partial charge in [0, 0.05) is 0 Å². The quantitative estimate of drug-likeness (QED) is 0.307. The van der Waals surface area contributed by atoms with Crippen LogP contribution >= 0.6 is 0 Å². The molecular formula is C20H42. The van der Waals surface area contributed by atoms with E-state index in [1.165, 1.54) is 64.2 Å². The molecule has 0 heterocycles. The van der Waals surface area contributed by atoms with Crippen molar-refractivity contribution in [3.05, 3.63) is 0 Å². The van der Waals surface area contributed by atoms with Crippen molar-refractivity contribution < 1.29 is 0 Å². The summed E-state index contributed by atoms with van der Waals surface area (Å²) in [4.78, 5) is 0. The highest BCUT2D eigenvalue weighted by Crippen LogP contribution is 2.26. The molecule has 0 rings (SSSR count). The molecule has 0 aliphatic heterocycles. The van der Waals surface area contributed by atoms with Crippen LogP contribution in [0.1, 0.15) is 106 Å². The topological polar surface area (TPSA) is 0 Å². The van der Waals surface area contributed by atoms with Gasteiger partial charge in [-0.05, 0) is 30.1 Å². The second-order valence-corrected chi connectivity index (χ2v) is 7.62. The molecule has 122 valence electrons. The predicted octanol–water partition coefficient (Wildman–Crippen LogP) is 7.47. The van der Waals surface area contributed by atoms with Crippen LogP contribution in [0.25, 0.3) is 0 Å². The molecule has 0 saturated carbocycles. The van der Waals surface area contributed by atoms with Gasteiger partial charge in [-0.15, -0.1) is 0 Å². The van der Waals surface area contributed by atoms with Crippen molar-refractivity contribution in [2.45, 2.75) is 106 Å². The summed E-state index contributed by atoms with van der Waals surface area (Å²) in [5.74, 6) is 3.68. The predicted molar refractivity (Wildman–Crippen MR) is 94.2 cm³/mol. The Morgan fingerprint density at radius 2 is 1.40 bits per heavy atom. The molecule has 3 unspecified atom stereocenters. The average molecular weight is 283 g/mol. The lowest BCUT2D eigenvalue weighted by molar-refractivity contribution is 0.313. The molecule has 0 heteroatoms. The molecule has 3 atom stereocenters. The molecule has 20 heavy (non-hydrogen) atoms. The standard InChI is InChI=1S/C20H42/c1-7-9-10-11-15-20(8-2)16-18(5)13-12-14-19(6)17(3)4/h17-20H,7-16H2,1-6H3. The third-order valence-corrected chi connectivity index (χ3v) is 5.27. The molecule has 0 aromatic rings. The maximum Gasteiger partial charge on any atom is -0.0414 e. The van der Waals surface area contributed by atoms with Crippen molar-refractivity contribution in [3.8, 4) is 0 Å². The van der Waals surface area contributed by atoms with Gasteiger partial charge in [0.25, 0.3) is 0 Å². The highest BCUT2D eigenvalue weighted by molar-refractivity contribution is 4.65. The second kappa shape index (κ2) is 12.7. The van der Waals surface area contributed by atoms with E-state index < -0.39 is 0 Å². The molecule has 0 aromatic carbocycles. The third kappa shape index (κ3) is 10.7. The first-order valence-electron chi connectivity index (χ1n) is 9.51. The molecule has 0 aromatic heterocycles. The highest BCUT2D eigenvalue weighted by Gasteiger charge is 2.13. The van der Waals surface area contributed by atoms with Gasteiger partial charge in [-0.1, -0.05) is 99.3 Å². The zero-order valence-electron chi connectivity index (χ0n) is 15.4. The van der Waals surface area contributed by atoms with E-state index in [9.17, 15) is 0 Å². The number of unbranched alkanes of at least 4 members (excludes halogenated alkanes) is 3. The molecule has 0 amide bonds. The van der Waals surface area contributed by atoms with E-state index in [4.69, 9.17) is 0 Å². The van der Waals surface area contributed by atoms with Gasteiger partial charge >= 0.3 is 0 Å². The molecule has 0 radical (unpaired) electrons. The molecule has 0 N–H and O–H groups in total. The van der Waals surface area contributed by atoms with Crippen LogP contribution < -0.4 is 0 Å². The van der Waals surface area contributed by atoms with E-state index in [1.807, 2.05) is 0 Å². The van der Waals surface area contributed by atoms with Gasteiger partial charge in [0.05, 0.1) is 0 Å². The van der Waals surface area contributed by atoms with Gasteiger partial charge in [-0.3, -0.25) is 0 Å². The summed E-state index contributed by atoms with van der Waals surface area (Å²) in [6, 6.07) is 0. The average Bonchev–Trinajstić information content (AvgIpc) is 2.41. The molecule has 0 aliphatic carbocycles. The Labute approximate surface area is 130 Å². The van der Waals surface area contributed by atoms with Crippen LogP contribution in [0.4, 0.5) is 0 Å². The Hall–Kier alpha value is 0. The van der Waals surface area contributed by atoms with Gasteiger partial charge in [0.2, 0.25) is 0 Å². The fourth-order valence-electron chi connectivity index (χ4n) is 3.16. The maximum atomic E-state index is 2.48. The minimum atomic E-state index is 0.854. The van der Waals surface area contributed by atoms with E-state index in [2.05, 4.69) is 41.5 Å². The Balaban J connectivity index is 3.71. The summed E-state index contributed by atoms with van der Waals surface area (Å²) >= 11 is 0. The van der Waals surface area contributed by atoms with Crippen LogP contribution in [0.5, 0.6) is 0 Å². The summed E-state index contributed by atoms with van der Waals surface area (Å²) in [6.45, 7) is 14.3. The van der Waals surface area contributed by atoms with E-state index in [-0.39, 0.29) is 0 Å². The van der Waals surface area contributed by atoms with Crippen molar-refractivity contribution in [1.29, 1.82) is 0 Å². The molecule has 0 aliphatic rings. The van der Waals surface area contributed by atoms with E-state index in [1.54, 1.807) is 0 Å². The lowest BCUT2D eigenvalue weighted by atomic mass is 9.85. The third-order valence-electron chi connectivity index (χ3n) is 5.27. The molecule has 0 fully saturated rings. The fourth-order valence-corrected chi connectivity index (χ4v) is 3.16. The molecule has 0 bridgehead atoms. The van der Waals surface area contributed by atoms with Crippen LogP contribution in [0.15, 0.2) is 0 Å². The van der Waals surface area contributed by atoms with Crippen molar-refractivity contribution in [2.24, 2.45) is 23.7 Å². The van der Waals surface area contributed by atoms with Crippen LogP contribution in [-0.4, -0.2) is 0 Å². The fraction of sp³-hybridized carbons (Fsp3) is 1.00. The van der Waals surface area contributed by atoms with Crippen molar-refractivity contribution in [2.75, 3.05) is 0 Å². The first kappa shape index (κ1) is 20.0. The summed E-state index contributed by atoms with van der Waals surface area (Å²) < 4.78 is 0. The first-order valence-corrected chi connectivity index (χ1v) is 9.51. The van der Waals surface area contributed by atoms with Gasteiger partial charge < -0.3 is 0 Å². The van der Waals surface area contributed by atoms with Gasteiger partial charge in [-0.2, -0.15) is 0 Å². The van der Waals surface area contributed by atoms with Gasteiger partial charge in [-0.25, -0.2) is 0 Å². The van der Waals surface area contributed by atoms with Crippen molar-refractivity contribution in [3.63, 3.8) is 0 Å². The van der Waals surface area contributed by atoms with Crippen LogP contribution in [0.3, 0.4) is 0 Å². The van der Waals surface area contributed by atoms with E-state index in [0.717, 1.165) is 23.7 Å². The lowest BCUT2D eigenvalue weighted by Gasteiger charge is -2.21. The highest BCUT2D eigenvalue weighted by atomic mass is 14.2. The Morgan fingerprint density at radius 3 is 1.95 bits per heavy atom. The zero-order valence-corrected chi connectivity index (χ0v) is 15.4. The van der Waals surface area contributed by atoms with E-state index >= 15 is 0 Å². The monoisotopic (exact) mass is 282 g/mol. The van der Waals surface area contributed by atoms with Gasteiger partial charge in [0.15, 0.2) is 0 Å². The summed E-state index contributed by atoms with van der Waals surface area (Å²) in [5.41, 5.74) is 0. The summed E-state index contributed by atoms with van der Waals surface area (Å²) in [6.07, 6.45) is 14.3. The number of hydrogen-bond donors (Lipinski definition) is 0. The lowest BCUT2D eigenvalue weighted by Crippen LogP contribution is -2.08. The largest absolute Gasteiger partial charge is 0.0654 e. The van der Waals surface area contributed by atoms with Crippen molar-refractivity contribution >= 4 is 0 Å². The number of rotatable bonds is 13. The molecule has 0 nitrogen and oxygen atoms in total. The van der Waals surface area contributed by atoms with Crippen LogP contribution in [-0.2, 0) is 0 Å². The second-order valence-electron chi connectivity index (χ2n) is 7.62. The smallest absolute Gasteiger partial charge is 0.0414 e. The zero-order chi connectivity index (χ0) is 15.4. The minimum Gasteiger partial charge on any atom is -0.0654 e. The van der Waals surface area contributed by atoms with Crippen LogP contribution in [0, 0.1) is 23.7 Å².